The van der Waals surface area contributed by atoms with Gasteiger partial charge in [0, 0.05) is 10.8 Å². The minimum absolute atomic E-state index is 0.864. The van der Waals surface area contributed by atoms with Gasteiger partial charge in [-0.2, -0.15) is 61.5 Å². The second-order valence-electron chi connectivity index (χ2n) is 4.52. The highest BCUT2D eigenvalue weighted by molar-refractivity contribution is 14.1. The van der Waals surface area contributed by atoms with Crippen LogP contribution in [0.15, 0.2) is 0 Å². The van der Waals surface area contributed by atoms with Gasteiger partial charge >= 0.3 is 41.7 Å². The summed E-state index contributed by atoms with van der Waals surface area (Å²) in [6.45, 7) is 0. The maximum absolute atomic E-state index is 13.1. The predicted octanol–water partition coefficient (Wildman–Crippen LogP) is 6.19. The number of hydrogen-bond donors (Lipinski definition) is 0. The zero-order chi connectivity index (χ0) is 20.9. The van der Waals surface area contributed by atoms with Gasteiger partial charge in [-0.15, -0.1) is 0 Å². The molecule has 0 atom stereocenters. The molecule has 0 rings (SSSR count). The maximum Gasteiger partial charge on any atom is 0.438 e. The summed E-state index contributed by atoms with van der Waals surface area (Å²) < 4.78 is 189. The Labute approximate surface area is 141 Å². The van der Waals surface area contributed by atoms with E-state index in [0.717, 1.165) is 22.6 Å². The van der Waals surface area contributed by atoms with E-state index in [2.05, 4.69) is 0 Å². The van der Waals surface area contributed by atoms with Crippen molar-refractivity contribution in [2.24, 2.45) is 0 Å². The van der Waals surface area contributed by atoms with Crippen LogP contribution in [0.1, 0.15) is 6.42 Å². The van der Waals surface area contributed by atoms with Crippen molar-refractivity contribution in [2.75, 3.05) is 4.43 Å². The van der Waals surface area contributed by atoms with Crippen LogP contribution in [0.5, 0.6) is 0 Å². The molecular weight excluding hydrogens is 520 g/mol. The van der Waals surface area contributed by atoms with Gasteiger partial charge in [0.15, 0.2) is 0 Å². The minimum Gasteiger partial charge on any atom is -0.216 e. The minimum atomic E-state index is -8.32. The fourth-order valence-electron chi connectivity index (χ4n) is 1.44. The van der Waals surface area contributed by atoms with Gasteiger partial charge < -0.3 is 0 Å². The molecule has 0 saturated carbocycles. The van der Waals surface area contributed by atoms with Crippen LogP contribution in [-0.2, 0) is 0 Å². The van der Waals surface area contributed by atoms with Gasteiger partial charge in [-0.25, -0.2) is 4.39 Å². The van der Waals surface area contributed by atoms with Gasteiger partial charge in [-0.3, -0.25) is 0 Å². The molecule has 0 aliphatic rings. The lowest BCUT2D eigenvalue weighted by atomic mass is 9.85. The van der Waals surface area contributed by atoms with Gasteiger partial charge in [-0.05, 0) is 0 Å². The third-order valence-electron chi connectivity index (χ3n) is 2.87. The van der Waals surface area contributed by atoms with Gasteiger partial charge in [-0.1, -0.05) is 22.6 Å². The van der Waals surface area contributed by atoms with Crippen molar-refractivity contribution in [3.8, 4) is 0 Å². The fourth-order valence-corrected chi connectivity index (χ4v) is 2.11. The smallest absolute Gasteiger partial charge is 0.216 e. The largest absolute Gasteiger partial charge is 0.438 e. The van der Waals surface area contributed by atoms with Crippen molar-refractivity contribution in [1.82, 2.24) is 0 Å². The van der Waals surface area contributed by atoms with Crippen molar-refractivity contribution >= 4 is 22.6 Å². The molecule has 0 aliphatic carbocycles. The first-order valence-electron chi connectivity index (χ1n) is 5.46. The van der Waals surface area contributed by atoms with E-state index < -0.39 is 52.6 Å². The zero-order valence-corrected chi connectivity index (χ0v) is 13.1. The summed E-state index contributed by atoms with van der Waals surface area (Å²) in [5.41, 5.74) is -8.22. The van der Waals surface area contributed by atoms with E-state index in [1.165, 1.54) is 0 Å². The van der Waals surface area contributed by atoms with E-state index in [4.69, 9.17) is 0 Å². The third kappa shape index (κ3) is 3.35. The van der Waals surface area contributed by atoms with Crippen LogP contribution in [0.2, 0.25) is 0 Å². The first kappa shape index (κ1) is 24.7. The van der Waals surface area contributed by atoms with Gasteiger partial charge in [0.2, 0.25) is 0 Å². The average Bonchev–Trinajstić information content (AvgIpc) is 2.33. The molecule has 25 heavy (non-hydrogen) atoms. The molecule has 0 spiro atoms. The quantitative estimate of drug-likeness (QED) is 0.221. The average molecular weight is 524 g/mol. The standard InChI is InChI=1S/C9H4F15I/c10-3(11,1-2-25)5(13,14)7(17,18)6(15,16)4(12,8(19,20)21)9(22,23)24/h1-2H2. The number of halogens is 16. The third-order valence-corrected chi connectivity index (χ3v) is 3.41. The number of rotatable bonds is 6. The Hall–Kier alpha value is -0.320. The van der Waals surface area contributed by atoms with Gasteiger partial charge in [0.25, 0.3) is 0 Å². The maximum atomic E-state index is 13.1. The van der Waals surface area contributed by atoms with Crippen molar-refractivity contribution in [3.05, 3.63) is 0 Å². The van der Waals surface area contributed by atoms with Gasteiger partial charge in [0.05, 0.1) is 0 Å². The fraction of sp³-hybridized carbons (Fsp3) is 1.00. The Kier molecular flexibility index (Phi) is 6.30. The molecule has 0 heterocycles. The van der Waals surface area contributed by atoms with E-state index in [1.807, 2.05) is 0 Å². The predicted molar refractivity (Wildman–Crippen MR) is 59.2 cm³/mol. The second kappa shape index (κ2) is 6.38. The van der Waals surface area contributed by atoms with Crippen LogP contribution in [0.3, 0.4) is 0 Å². The summed E-state index contributed by atoms with van der Waals surface area (Å²) in [7, 11) is 0. The molecule has 0 aliphatic heterocycles. The lowest BCUT2D eigenvalue weighted by Crippen LogP contribution is -2.75. The SMILES string of the molecule is FC(F)(F)C(F)(C(F)(F)F)C(F)(F)C(F)(F)C(F)(F)C(F)(F)CCI. The van der Waals surface area contributed by atoms with Crippen molar-refractivity contribution in [1.29, 1.82) is 0 Å². The topological polar surface area (TPSA) is 0 Å². The van der Waals surface area contributed by atoms with Crippen LogP contribution in [0.4, 0.5) is 65.9 Å². The summed E-state index contributed by atoms with van der Waals surface area (Å²) >= 11 is 0.864. The van der Waals surface area contributed by atoms with Crippen LogP contribution in [0, 0.1) is 0 Å². The highest BCUT2D eigenvalue weighted by Gasteiger charge is 2.95. The lowest BCUT2D eigenvalue weighted by molar-refractivity contribution is -0.457. The summed E-state index contributed by atoms with van der Waals surface area (Å²) in [6, 6.07) is 0. The second-order valence-corrected chi connectivity index (χ2v) is 5.60. The monoisotopic (exact) mass is 524 g/mol. The molecular formula is C9H4F15I. The lowest BCUT2D eigenvalue weighted by Gasteiger charge is -2.43. The molecule has 0 radical (unpaired) electrons. The zero-order valence-electron chi connectivity index (χ0n) is 11.0. The molecule has 0 aromatic rings. The van der Waals surface area contributed by atoms with Gasteiger partial charge in [0.1, 0.15) is 0 Å². The summed E-state index contributed by atoms with van der Waals surface area (Å²) in [6.07, 6.45) is -18.1. The molecule has 0 fully saturated rings. The molecule has 0 aromatic heterocycles. The van der Waals surface area contributed by atoms with Crippen molar-refractivity contribution in [2.45, 2.75) is 48.1 Å². The molecule has 0 aromatic carbocycles. The molecule has 0 amide bonds. The molecule has 0 unspecified atom stereocenters. The van der Waals surface area contributed by atoms with Crippen molar-refractivity contribution in [3.63, 3.8) is 0 Å². The summed E-state index contributed by atoms with van der Waals surface area (Å²) in [5, 5.41) is 0. The number of hydrogen-bond acceptors (Lipinski definition) is 0. The Morgan fingerprint density at radius 1 is 0.480 bits per heavy atom. The summed E-state index contributed by atoms with van der Waals surface area (Å²) in [4.78, 5) is 0. The highest BCUT2D eigenvalue weighted by atomic mass is 127. The van der Waals surface area contributed by atoms with E-state index in [1.54, 1.807) is 0 Å². The van der Waals surface area contributed by atoms with Crippen LogP contribution in [-0.4, -0.2) is 46.1 Å². The highest BCUT2D eigenvalue weighted by Crippen LogP contribution is 2.64. The Morgan fingerprint density at radius 3 is 1.04 bits per heavy atom. The normalized spacial score (nSPS) is 16.3. The Bertz CT molecular complexity index is 458. The molecule has 0 N–H and O–H groups in total. The number of alkyl halides is 16. The molecule has 152 valence electrons. The Balaban J connectivity index is 6.64. The van der Waals surface area contributed by atoms with E-state index in [0.29, 0.717) is 0 Å². The van der Waals surface area contributed by atoms with E-state index >= 15 is 0 Å². The Morgan fingerprint density at radius 2 is 0.800 bits per heavy atom. The van der Waals surface area contributed by atoms with Crippen LogP contribution < -0.4 is 0 Å². The molecule has 0 bridgehead atoms. The van der Waals surface area contributed by atoms with E-state index in [-0.39, 0.29) is 0 Å². The molecule has 0 saturated heterocycles. The first-order chi connectivity index (χ1) is 10.6. The van der Waals surface area contributed by atoms with Crippen LogP contribution >= 0.6 is 22.6 Å². The molecule has 16 heteroatoms. The summed E-state index contributed by atoms with van der Waals surface area (Å²) in [5.74, 6) is -30.0. The van der Waals surface area contributed by atoms with E-state index in [9.17, 15) is 65.9 Å². The van der Waals surface area contributed by atoms with Crippen molar-refractivity contribution < 1.29 is 65.9 Å². The first-order valence-corrected chi connectivity index (χ1v) is 6.98. The van der Waals surface area contributed by atoms with Crippen LogP contribution in [0.25, 0.3) is 0 Å². The molecule has 0 nitrogen and oxygen atoms in total.